The number of aromatic nitrogens is 3. The number of aliphatic carboxylic acids is 1. The maximum absolute atomic E-state index is 10.6. The molecule has 7 heteroatoms. The second kappa shape index (κ2) is 5.87. The normalized spacial score (nSPS) is 11.1. The summed E-state index contributed by atoms with van der Waals surface area (Å²) < 4.78 is 2.89. The topological polar surface area (TPSA) is 67.5 Å². The van der Waals surface area contributed by atoms with Crippen LogP contribution in [0.3, 0.4) is 0 Å². The van der Waals surface area contributed by atoms with E-state index in [1.165, 1.54) is 16.9 Å². The summed E-state index contributed by atoms with van der Waals surface area (Å²) >= 11 is 3.05. The lowest BCUT2D eigenvalue weighted by molar-refractivity contribution is -0.136. The van der Waals surface area contributed by atoms with Crippen molar-refractivity contribution in [2.24, 2.45) is 0 Å². The van der Waals surface area contributed by atoms with Crippen molar-refractivity contribution in [3.63, 3.8) is 0 Å². The van der Waals surface area contributed by atoms with Crippen LogP contribution in [-0.2, 0) is 17.0 Å². The van der Waals surface area contributed by atoms with E-state index in [2.05, 4.69) is 9.97 Å². The Kier molecular flexibility index (Phi) is 3.94. The molecular weight excluding hydrogens is 306 g/mol. The van der Waals surface area contributed by atoms with Crippen molar-refractivity contribution in [3.05, 3.63) is 46.9 Å². The van der Waals surface area contributed by atoms with Crippen molar-refractivity contribution in [2.45, 2.75) is 23.4 Å². The molecule has 3 aromatic rings. The summed E-state index contributed by atoms with van der Waals surface area (Å²) in [5, 5.41) is 10.5. The fourth-order valence-electron chi connectivity index (χ4n) is 1.95. The molecule has 108 valence electrons. The lowest BCUT2D eigenvalue weighted by Crippen LogP contribution is -1.99. The van der Waals surface area contributed by atoms with E-state index in [4.69, 9.17) is 5.11 Å². The molecule has 0 atom stereocenters. The first-order chi connectivity index (χ1) is 10.1. The zero-order valence-corrected chi connectivity index (χ0v) is 12.9. The lowest BCUT2D eigenvalue weighted by Gasteiger charge is -1.93. The number of imidazole rings is 1. The number of pyridine rings is 1. The molecule has 0 aliphatic carbocycles. The standard InChI is InChI=1S/C14H13N3O2S2/c1-9-2-3-12-15-11(6-17(12)5-9)8-21-14-16-10(7-20-14)4-13(18)19/h2-3,5-7H,4,8H2,1H3,(H,18,19). The van der Waals surface area contributed by atoms with Gasteiger partial charge in [-0.1, -0.05) is 17.8 Å². The number of rotatable bonds is 5. The van der Waals surface area contributed by atoms with Gasteiger partial charge in [0.15, 0.2) is 4.34 Å². The first-order valence-electron chi connectivity index (χ1n) is 6.33. The molecule has 0 radical (unpaired) electrons. The monoisotopic (exact) mass is 319 g/mol. The van der Waals surface area contributed by atoms with E-state index in [1.807, 2.05) is 35.9 Å². The number of aryl methyl sites for hydroxylation is 1. The molecule has 0 spiro atoms. The number of carbonyl (C=O) groups is 1. The number of thiazole rings is 1. The maximum Gasteiger partial charge on any atom is 0.309 e. The number of fused-ring (bicyclic) bond motifs is 1. The van der Waals surface area contributed by atoms with Gasteiger partial charge in [-0.05, 0) is 18.6 Å². The minimum absolute atomic E-state index is 0.0231. The van der Waals surface area contributed by atoms with Gasteiger partial charge in [0, 0.05) is 23.5 Å². The summed E-state index contributed by atoms with van der Waals surface area (Å²) in [5.41, 5.74) is 3.72. The summed E-state index contributed by atoms with van der Waals surface area (Å²) in [5.74, 6) is -0.131. The van der Waals surface area contributed by atoms with Gasteiger partial charge in [0.1, 0.15) is 5.65 Å². The third kappa shape index (κ3) is 3.43. The van der Waals surface area contributed by atoms with E-state index >= 15 is 0 Å². The van der Waals surface area contributed by atoms with Crippen molar-refractivity contribution >= 4 is 34.7 Å². The Morgan fingerprint density at radius 3 is 3.00 bits per heavy atom. The number of carboxylic acid groups (broad SMARTS) is 1. The summed E-state index contributed by atoms with van der Waals surface area (Å²) in [6, 6.07) is 4.04. The average Bonchev–Trinajstić information content (AvgIpc) is 3.01. The number of thioether (sulfide) groups is 1. The third-order valence-corrected chi connectivity index (χ3v) is 4.96. The van der Waals surface area contributed by atoms with Crippen LogP contribution in [0.2, 0.25) is 0 Å². The van der Waals surface area contributed by atoms with Gasteiger partial charge in [0.25, 0.3) is 0 Å². The lowest BCUT2D eigenvalue weighted by atomic mass is 10.3. The minimum Gasteiger partial charge on any atom is -0.481 e. The van der Waals surface area contributed by atoms with E-state index in [1.54, 1.807) is 17.1 Å². The third-order valence-electron chi connectivity index (χ3n) is 2.86. The number of hydrogen-bond donors (Lipinski definition) is 1. The molecule has 0 bridgehead atoms. The average molecular weight is 319 g/mol. The fraction of sp³-hybridized carbons (Fsp3) is 0.214. The van der Waals surface area contributed by atoms with Crippen LogP contribution in [0.15, 0.2) is 34.2 Å². The Balaban J connectivity index is 1.68. The predicted molar refractivity (Wildman–Crippen MR) is 82.9 cm³/mol. The Labute approximate surface area is 129 Å². The van der Waals surface area contributed by atoms with Gasteiger partial charge in [-0.3, -0.25) is 4.79 Å². The molecule has 0 amide bonds. The van der Waals surface area contributed by atoms with Crippen LogP contribution in [0.5, 0.6) is 0 Å². The molecule has 1 N–H and O–H groups in total. The van der Waals surface area contributed by atoms with E-state index in [0.717, 1.165) is 21.4 Å². The SMILES string of the molecule is Cc1ccc2nc(CSc3nc(CC(=O)O)cs3)cn2c1. The Morgan fingerprint density at radius 2 is 2.19 bits per heavy atom. The Bertz CT molecular complexity index is 794. The van der Waals surface area contributed by atoms with Crippen LogP contribution >= 0.6 is 23.1 Å². The van der Waals surface area contributed by atoms with Crippen molar-refractivity contribution < 1.29 is 9.90 Å². The first-order valence-corrected chi connectivity index (χ1v) is 8.20. The van der Waals surface area contributed by atoms with E-state index in [-0.39, 0.29) is 6.42 Å². The van der Waals surface area contributed by atoms with E-state index in [0.29, 0.717) is 5.69 Å². The molecule has 5 nitrogen and oxygen atoms in total. The largest absolute Gasteiger partial charge is 0.481 e. The summed E-state index contributed by atoms with van der Waals surface area (Å²) in [7, 11) is 0. The molecule has 0 aliphatic rings. The van der Waals surface area contributed by atoms with Crippen molar-refractivity contribution in [1.29, 1.82) is 0 Å². The van der Waals surface area contributed by atoms with Gasteiger partial charge in [-0.25, -0.2) is 9.97 Å². The highest BCUT2D eigenvalue weighted by atomic mass is 32.2. The zero-order valence-electron chi connectivity index (χ0n) is 11.3. The quantitative estimate of drug-likeness (QED) is 0.732. The highest BCUT2D eigenvalue weighted by Gasteiger charge is 2.08. The van der Waals surface area contributed by atoms with Gasteiger partial charge in [0.2, 0.25) is 0 Å². The van der Waals surface area contributed by atoms with E-state index in [9.17, 15) is 4.79 Å². The second-order valence-corrected chi connectivity index (χ2v) is 6.75. The first kappa shape index (κ1) is 14.1. The van der Waals surface area contributed by atoms with Crippen LogP contribution in [0, 0.1) is 6.92 Å². The smallest absolute Gasteiger partial charge is 0.309 e. The van der Waals surface area contributed by atoms with Crippen LogP contribution < -0.4 is 0 Å². The molecule has 0 unspecified atom stereocenters. The van der Waals surface area contributed by atoms with Crippen LogP contribution in [0.1, 0.15) is 17.0 Å². The van der Waals surface area contributed by atoms with Gasteiger partial charge in [-0.2, -0.15) is 0 Å². The maximum atomic E-state index is 10.6. The highest BCUT2D eigenvalue weighted by Crippen LogP contribution is 2.26. The Hall–Kier alpha value is -1.86. The molecular formula is C14H13N3O2S2. The van der Waals surface area contributed by atoms with E-state index < -0.39 is 5.97 Å². The summed E-state index contributed by atoms with van der Waals surface area (Å²) in [6.07, 6.45) is 4.04. The van der Waals surface area contributed by atoms with Crippen molar-refractivity contribution in [2.75, 3.05) is 0 Å². The number of nitrogens with zero attached hydrogens (tertiary/aromatic N) is 3. The second-order valence-electron chi connectivity index (χ2n) is 4.67. The minimum atomic E-state index is -0.854. The van der Waals surface area contributed by atoms with Gasteiger partial charge < -0.3 is 9.51 Å². The fourth-order valence-corrected chi connectivity index (χ4v) is 3.68. The summed E-state index contributed by atoms with van der Waals surface area (Å²) in [4.78, 5) is 19.5. The molecule has 0 aromatic carbocycles. The predicted octanol–water partition coefficient (Wildman–Crippen LogP) is 3.02. The van der Waals surface area contributed by atoms with Crippen LogP contribution in [0.4, 0.5) is 0 Å². The molecule has 3 rings (SSSR count). The van der Waals surface area contributed by atoms with Crippen molar-refractivity contribution in [1.82, 2.24) is 14.4 Å². The molecule has 0 fully saturated rings. The van der Waals surface area contributed by atoms with Crippen LogP contribution in [0.25, 0.3) is 5.65 Å². The molecule has 21 heavy (non-hydrogen) atoms. The summed E-state index contributed by atoms with van der Waals surface area (Å²) in [6.45, 7) is 2.05. The molecule has 0 saturated heterocycles. The highest BCUT2D eigenvalue weighted by molar-refractivity contribution is 8.00. The van der Waals surface area contributed by atoms with Crippen LogP contribution in [-0.4, -0.2) is 25.4 Å². The van der Waals surface area contributed by atoms with Crippen molar-refractivity contribution in [3.8, 4) is 0 Å². The molecule has 3 aromatic heterocycles. The zero-order chi connectivity index (χ0) is 14.8. The Morgan fingerprint density at radius 1 is 1.33 bits per heavy atom. The van der Waals surface area contributed by atoms with Gasteiger partial charge in [0.05, 0.1) is 17.8 Å². The number of carboxylic acids is 1. The van der Waals surface area contributed by atoms with Gasteiger partial charge >= 0.3 is 5.97 Å². The molecule has 0 aliphatic heterocycles. The molecule has 0 saturated carbocycles. The van der Waals surface area contributed by atoms with Gasteiger partial charge in [-0.15, -0.1) is 11.3 Å². The molecule has 3 heterocycles. The number of hydrogen-bond acceptors (Lipinski definition) is 5.